The number of methoxy groups -OCH3 is 1. The Morgan fingerprint density at radius 2 is 2.11 bits per heavy atom. The van der Waals surface area contributed by atoms with E-state index in [1.165, 1.54) is 0 Å². The lowest BCUT2D eigenvalue weighted by Gasteiger charge is -2.20. The van der Waals surface area contributed by atoms with Crippen LogP contribution in [0, 0.1) is 0 Å². The largest absolute Gasteiger partial charge is 0.497 e. The van der Waals surface area contributed by atoms with Gasteiger partial charge in [0.15, 0.2) is 0 Å². The predicted molar refractivity (Wildman–Crippen MR) is 65.5 cm³/mol. The van der Waals surface area contributed by atoms with Gasteiger partial charge in [-0.05, 0) is 23.2 Å². The second kappa shape index (κ2) is 6.36. The summed E-state index contributed by atoms with van der Waals surface area (Å²) in [5.41, 5.74) is 9.12. The van der Waals surface area contributed by atoms with Crippen molar-refractivity contribution in [2.75, 3.05) is 7.11 Å². The Morgan fingerprint density at radius 3 is 2.56 bits per heavy atom. The van der Waals surface area contributed by atoms with Gasteiger partial charge in [-0.1, -0.05) is 24.2 Å². The molecule has 0 bridgehead atoms. The van der Waals surface area contributed by atoms with Gasteiger partial charge < -0.3 is 15.2 Å². The van der Waals surface area contributed by atoms with Crippen molar-refractivity contribution in [3.05, 3.63) is 40.3 Å². The van der Waals surface area contributed by atoms with Crippen molar-refractivity contribution in [1.29, 1.82) is 0 Å². The molecule has 1 amide bonds. The fraction of sp³-hybridized carbons (Fsp3) is 0.364. The van der Waals surface area contributed by atoms with Gasteiger partial charge in [-0.25, -0.2) is 4.79 Å². The average molecular weight is 250 g/mol. The van der Waals surface area contributed by atoms with Gasteiger partial charge in [0.1, 0.15) is 5.75 Å². The molecule has 0 spiro atoms. The van der Waals surface area contributed by atoms with Crippen molar-refractivity contribution in [1.82, 2.24) is 5.32 Å². The summed E-state index contributed by atoms with van der Waals surface area (Å²) in [4.78, 5) is 13.4. The van der Waals surface area contributed by atoms with Crippen LogP contribution in [0.2, 0.25) is 0 Å². The highest BCUT2D eigenvalue weighted by atomic mass is 16.5. The number of amides is 1. The third kappa shape index (κ3) is 3.57. The van der Waals surface area contributed by atoms with Gasteiger partial charge in [-0.2, -0.15) is 0 Å². The number of carboxylic acid groups (broad SMARTS) is 1. The first-order chi connectivity index (χ1) is 8.58. The molecule has 96 valence electrons. The van der Waals surface area contributed by atoms with Gasteiger partial charge in [0.2, 0.25) is 0 Å². The summed E-state index contributed by atoms with van der Waals surface area (Å²) in [6.45, 7) is 1.64. The quantitative estimate of drug-likeness (QED) is 0.476. The Hall–Kier alpha value is -2.40. The van der Waals surface area contributed by atoms with Crippen LogP contribution in [-0.2, 0) is 0 Å². The Labute approximate surface area is 104 Å². The summed E-state index contributed by atoms with van der Waals surface area (Å²) >= 11 is 0. The highest BCUT2D eigenvalue weighted by molar-refractivity contribution is 5.65. The van der Waals surface area contributed by atoms with E-state index >= 15 is 0 Å². The third-order valence-electron chi connectivity index (χ3n) is 2.47. The molecule has 0 heterocycles. The van der Waals surface area contributed by atoms with E-state index in [0.717, 1.165) is 0 Å². The molecule has 0 unspecified atom stereocenters. The van der Waals surface area contributed by atoms with Crippen LogP contribution in [0.4, 0.5) is 4.79 Å². The van der Waals surface area contributed by atoms with Gasteiger partial charge >= 0.3 is 6.09 Å². The summed E-state index contributed by atoms with van der Waals surface area (Å²) in [6.07, 6.45) is -1.17. The van der Waals surface area contributed by atoms with Crippen molar-refractivity contribution in [2.45, 2.75) is 19.0 Å². The van der Waals surface area contributed by atoms with Crippen LogP contribution in [0.1, 0.15) is 18.5 Å². The van der Waals surface area contributed by atoms with Crippen LogP contribution in [0.15, 0.2) is 29.4 Å². The molecule has 2 N–H and O–H groups in total. The van der Waals surface area contributed by atoms with E-state index in [-0.39, 0.29) is 0 Å². The molecule has 1 aromatic rings. The molecule has 0 aliphatic heterocycles. The number of azide groups is 1. The molecular formula is C11H14N4O3. The fourth-order valence-corrected chi connectivity index (χ4v) is 1.57. The number of nitrogens with one attached hydrogen (secondary N) is 1. The monoisotopic (exact) mass is 250 g/mol. The molecule has 0 aliphatic carbocycles. The molecule has 2 atom stereocenters. The number of carbonyl (C=O) groups is 1. The number of nitrogens with zero attached hydrogens (tertiary/aromatic N) is 3. The summed E-state index contributed by atoms with van der Waals surface area (Å²) in [5.74, 6) is 0.671. The minimum Gasteiger partial charge on any atom is -0.497 e. The van der Waals surface area contributed by atoms with E-state index < -0.39 is 18.2 Å². The SMILES string of the molecule is COc1ccc([C@H](NC(=O)O)[C@@H](C)N=[N+]=[N-])cc1. The molecule has 0 aliphatic rings. The second-order valence-corrected chi connectivity index (χ2v) is 3.65. The number of hydrogen-bond donors (Lipinski definition) is 2. The van der Waals surface area contributed by atoms with Crippen LogP contribution >= 0.6 is 0 Å². The lowest BCUT2D eigenvalue weighted by Crippen LogP contribution is -2.33. The number of benzene rings is 1. The molecule has 0 radical (unpaired) electrons. The maximum Gasteiger partial charge on any atom is 0.405 e. The highest BCUT2D eigenvalue weighted by Gasteiger charge is 2.20. The molecule has 1 rings (SSSR count). The summed E-state index contributed by atoms with van der Waals surface area (Å²) < 4.78 is 5.02. The van der Waals surface area contributed by atoms with E-state index in [0.29, 0.717) is 11.3 Å². The zero-order valence-electron chi connectivity index (χ0n) is 10.1. The van der Waals surface area contributed by atoms with Gasteiger partial charge in [0, 0.05) is 4.91 Å². The van der Waals surface area contributed by atoms with Crippen LogP contribution < -0.4 is 10.1 Å². The number of hydrogen-bond acceptors (Lipinski definition) is 3. The summed E-state index contributed by atoms with van der Waals surface area (Å²) in [5, 5.41) is 14.6. The molecule has 7 heteroatoms. The second-order valence-electron chi connectivity index (χ2n) is 3.65. The molecule has 7 nitrogen and oxygen atoms in total. The maximum absolute atomic E-state index is 10.7. The van der Waals surface area contributed by atoms with Gasteiger partial charge in [-0.3, -0.25) is 0 Å². The Kier molecular flexibility index (Phi) is 4.83. The first-order valence-corrected chi connectivity index (χ1v) is 5.26. The smallest absolute Gasteiger partial charge is 0.405 e. The molecule has 1 aromatic carbocycles. The van der Waals surface area contributed by atoms with Crippen molar-refractivity contribution in [2.24, 2.45) is 5.11 Å². The van der Waals surface area contributed by atoms with E-state index in [1.54, 1.807) is 38.3 Å². The summed E-state index contributed by atoms with van der Waals surface area (Å²) in [7, 11) is 1.55. The van der Waals surface area contributed by atoms with Crippen LogP contribution in [0.25, 0.3) is 10.4 Å². The topological polar surface area (TPSA) is 107 Å². The standard InChI is InChI=1S/C11H14N4O3/c1-7(14-15-12)10(13-11(16)17)8-3-5-9(18-2)6-4-8/h3-7,10,13H,1-2H3,(H,16,17)/t7-,10-/m1/s1. The number of ether oxygens (including phenoxy) is 1. The fourth-order valence-electron chi connectivity index (χ4n) is 1.57. The molecule has 18 heavy (non-hydrogen) atoms. The van der Waals surface area contributed by atoms with Crippen molar-refractivity contribution in [3.63, 3.8) is 0 Å². The first-order valence-electron chi connectivity index (χ1n) is 5.26. The molecule has 0 saturated carbocycles. The molecular weight excluding hydrogens is 236 g/mol. The van der Waals surface area contributed by atoms with Gasteiger partial charge in [0.25, 0.3) is 0 Å². The van der Waals surface area contributed by atoms with Crippen LogP contribution in [0.3, 0.4) is 0 Å². The Morgan fingerprint density at radius 1 is 1.50 bits per heavy atom. The van der Waals surface area contributed by atoms with Crippen molar-refractivity contribution < 1.29 is 14.6 Å². The van der Waals surface area contributed by atoms with E-state index in [1.807, 2.05) is 0 Å². The maximum atomic E-state index is 10.7. The number of rotatable bonds is 5. The molecule has 0 fully saturated rings. The van der Waals surface area contributed by atoms with Crippen molar-refractivity contribution >= 4 is 6.09 Å². The Bertz CT molecular complexity index is 454. The van der Waals surface area contributed by atoms with E-state index in [2.05, 4.69) is 15.3 Å². The van der Waals surface area contributed by atoms with Crippen LogP contribution in [0.5, 0.6) is 5.75 Å². The van der Waals surface area contributed by atoms with Crippen molar-refractivity contribution in [3.8, 4) is 5.75 Å². The first kappa shape index (κ1) is 13.7. The lowest BCUT2D eigenvalue weighted by molar-refractivity contribution is 0.188. The van der Waals surface area contributed by atoms with Gasteiger partial charge in [-0.15, -0.1) is 0 Å². The van der Waals surface area contributed by atoms with E-state index in [4.69, 9.17) is 15.4 Å². The Balaban J connectivity index is 3.00. The minimum absolute atomic E-state index is 0.528. The third-order valence-corrected chi connectivity index (χ3v) is 2.47. The highest BCUT2D eigenvalue weighted by Crippen LogP contribution is 2.22. The van der Waals surface area contributed by atoms with E-state index in [9.17, 15) is 4.79 Å². The lowest BCUT2D eigenvalue weighted by atomic mass is 10.0. The molecule has 0 aromatic heterocycles. The zero-order valence-corrected chi connectivity index (χ0v) is 10.1. The zero-order chi connectivity index (χ0) is 13.5. The predicted octanol–water partition coefficient (Wildman–Crippen LogP) is 2.70. The minimum atomic E-state index is -1.17. The molecule has 0 saturated heterocycles. The average Bonchev–Trinajstić information content (AvgIpc) is 2.36. The van der Waals surface area contributed by atoms with Crippen LogP contribution in [-0.4, -0.2) is 24.4 Å². The summed E-state index contributed by atoms with van der Waals surface area (Å²) in [6, 6.07) is 5.76. The van der Waals surface area contributed by atoms with Gasteiger partial charge in [0.05, 0.1) is 19.2 Å². The normalized spacial score (nSPS) is 13.0.